The number of hydrogen-bond donors (Lipinski definition) is 1. The average molecular weight is 234 g/mol. The van der Waals surface area contributed by atoms with Crippen LogP contribution in [0.5, 0.6) is 0 Å². The van der Waals surface area contributed by atoms with Crippen LogP contribution in [0.15, 0.2) is 11.1 Å². The highest BCUT2D eigenvalue weighted by molar-refractivity contribution is 9.11. The van der Waals surface area contributed by atoms with Crippen molar-refractivity contribution >= 4 is 21.8 Å². The van der Waals surface area contributed by atoms with Crippen LogP contribution in [0.2, 0.25) is 0 Å². The third kappa shape index (κ3) is 7.79. The first-order chi connectivity index (χ1) is 5.52. The van der Waals surface area contributed by atoms with Gasteiger partial charge in [0.15, 0.2) is 0 Å². The SMILES string of the molecule is C=C(Br)CNC(=O)CCC(C)C. The zero-order valence-corrected chi connectivity index (χ0v) is 9.28. The van der Waals surface area contributed by atoms with Crippen molar-refractivity contribution < 1.29 is 4.79 Å². The molecule has 0 unspecified atom stereocenters. The van der Waals surface area contributed by atoms with Crippen LogP contribution in [0, 0.1) is 5.92 Å². The Morgan fingerprint density at radius 3 is 2.58 bits per heavy atom. The van der Waals surface area contributed by atoms with Gasteiger partial charge in [0.05, 0.1) is 0 Å². The number of hydrogen-bond acceptors (Lipinski definition) is 1. The van der Waals surface area contributed by atoms with Crippen molar-refractivity contribution in [1.29, 1.82) is 0 Å². The lowest BCUT2D eigenvalue weighted by Gasteiger charge is -2.05. The lowest BCUT2D eigenvalue weighted by atomic mass is 10.1. The van der Waals surface area contributed by atoms with Crippen LogP contribution in [0.4, 0.5) is 0 Å². The molecule has 2 nitrogen and oxygen atoms in total. The standard InChI is InChI=1S/C9H16BrNO/c1-7(2)4-5-9(12)11-6-8(3)10/h7H,3-6H2,1-2H3,(H,11,12). The maximum atomic E-state index is 11.1. The van der Waals surface area contributed by atoms with E-state index in [-0.39, 0.29) is 5.91 Å². The van der Waals surface area contributed by atoms with Gasteiger partial charge in [-0.25, -0.2) is 0 Å². The molecule has 0 aromatic carbocycles. The summed E-state index contributed by atoms with van der Waals surface area (Å²) in [5, 5.41) is 2.75. The highest BCUT2D eigenvalue weighted by Crippen LogP contribution is 2.03. The second-order valence-corrected chi connectivity index (χ2v) is 4.35. The quantitative estimate of drug-likeness (QED) is 0.777. The third-order valence-electron chi connectivity index (χ3n) is 1.43. The molecule has 70 valence electrons. The van der Waals surface area contributed by atoms with Gasteiger partial charge in [0.1, 0.15) is 0 Å². The van der Waals surface area contributed by atoms with Gasteiger partial charge in [0.25, 0.3) is 0 Å². The molecule has 0 rings (SSSR count). The molecule has 1 amide bonds. The highest BCUT2D eigenvalue weighted by atomic mass is 79.9. The second-order valence-electron chi connectivity index (χ2n) is 3.23. The topological polar surface area (TPSA) is 29.1 Å². The summed E-state index contributed by atoms with van der Waals surface area (Å²) in [6.45, 7) is 8.36. The molecule has 0 bridgehead atoms. The number of carbonyl (C=O) groups excluding carboxylic acids is 1. The van der Waals surface area contributed by atoms with Gasteiger partial charge in [0.2, 0.25) is 5.91 Å². The van der Waals surface area contributed by atoms with Crippen molar-refractivity contribution in [3.63, 3.8) is 0 Å². The molecule has 0 aliphatic carbocycles. The van der Waals surface area contributed by atoms with E-state index >= 15 is 0 Å². The van der Waals surface area contributed by atoms with Crippen LogP contribution in [-0.2, 0) is 4.79 Å². The summed E-state index contributed by atoms with van der Waals surface area (Å²) >= 11 is 3.17. The molecule has 0 heterocycles. The maximum absolute atomic E-state index is 11.1. The zero-order valence-electron chi connectivity index (χ0n) is 7.69. The zero-order chi connectivity index (χ0) is 9.56. The lowest BCUT2D eigenvalue weighted by molar-refractivity contribution is -0.121. The molecule has 0 aliphatic heterocycles. The van der Waals surface area contributed by atoms with Crippen molar-refractivity contribution in [2.24, 2.45) is 5.92 Å². The van der Waals surface area contributed by atoms with E-state index in [1.54, 1.807) is 0 Å². The van der Waals surface area contributed by atoms with Gasteiger partial charge in [-0.1, -0.05) is 36.4 Å². The third-order valence-corrected chi connectivity index (χ3v) is 1.71. The van der Waals surface area contributed by atoms with Crippen LogP contribution in [-0.4, -0.2) is 12.5 Å². The predicted molar refractivity (Wildman–Crippen MR) is 55.1 cm³/mol. The Kier molecular flexibility index (Phi) is 6.07. The molecule has 0 saturated heterocycles. The van der Waals surface area contributed by atoms with Crippen LogP contribution in [0.1, 0.15) is 26.7 Å². The Bertz CT molecular complexity index is 166. The molecule has 0 saturated carbocycles. The number of amides is 1. The Balaban J connectivity index is 3.40. The molecule has 0 atom stereocenters. The largest absolute Gasteiger partial charge is 0.352 e. The van der Waals surface area contributed by atoms with Crippen LogP contribution in [0.3, 0.4) is 0 Å². The van der Waals surface area contributed by atoms with Gasteiger partial charge in [-0.15, -0.1) is 0 Å². The van der Waals surface area contributed by atoms with Gasteiger partial charge in [0, 0.05) is 17.4 Å². The summed E-state index contributed by atoms with van der Waals surface area (Å²) < 4.78 is 0.806. The van der Waals surface area contributed by atoms with Crippen molar-refractivity contribution in [3.8, 4) is 0 Å². The predicted octanol–water partition coefficient (Wildman–Crippen LogP) is 2.45. The van der Waals surface area contributed by atoms with E-state index < -0.39 is 0 Å². The van der Waals surface area contributed by atoms with Crippen molar-refractivity contribution in [3.05, 3.63) is 11.1 Å². The first kappa shape index (κ1) is 11.7. The highest BCUT2D eigenvalue weighted by Gasteiger charge is 2.02. The maximum Gasteiger partial charge on any atom is 0.220 e. The second kappa shape index (κ2) is 6.23. The van der Waals surface area contributed by atoms with Gasteiger partial charge in [-0.3, -0.25) is 4.79 Å². The summed E-state index contributed by atoms with van der Waals surface area (Å²) in [6.07, 6.45) is 1.55. The Labute approximate surface area is 82.5 Å². The van der Waals surface area contributed by atoms with Crippen molar-refractivity contribution in [2.45, 2.75) is 26.7 Å². The first-order valence-corrected chi connectivity index (χ1v) is 4.91. The molecule has 1 N–H and O–H groups in total. The number of rotatable bonds is 5. The fraction of sp³-hybridized carbons (Fsp3) is 0.667. The average Bonchev–Trinajstić information content (AvgIpc) is 1.96. The smallest absolute Gasteiger partial charge is 0.220 e. The van der Waals surface area contributed by atoms with Crippen LogP contribution < -0.4 is 5.32 Å². The van der Waals surface area contributed by atoms with E-state index in [1.807, 2.05) is 0 Å². The van der Waals surface area contributed by atoms with E-state index in [4.69, 9.17) is 0 Å². The summed E-state index contributed by atoms with van der Waals surface area (Å²) in [4.78, 5) is 11.1. The van der Waals surface area contributed by atoms with E-state index in [2.05, 4.69) is 41.7 Å². The molecule has 0 aliphatic rings. The summed E-state index contributed by atoms with van der Waals surface area (Å²) in [5.41, 5.74) is 0. The molecule has 0 spiro atoms. The minimum absolute atomic E-state index is 0.101. The molecule has 12 heavy (non-hydrogen) atoms. The van der Waals surface area contributed by atoms with Gasteiger partial charge in [-0.2, -0.15) is 0 Å². The van der Waals surface area contributed by atoms with Crippen LogP contribution >= 0.6 is 15.9 Å². The molecule has 0 fully saturated rings. The van der Waals surface area contributed by atoms with E-state index in [1.165, 1.54) is 0 Å². The summed E-state index contributed by atoms with van der Waals surface area (Å²) in [6, 6.07) is 0. The van der Waals surface area contributed by atoms with Crippen LogP contribution in [0.25, 0.3) is 0 Å². The minimum atomic E-state index is 0.101. The molecule has 3 heteroatoms. The van der Waals surface area contributed by atoms with E-state index in [0.29, 0.717) is 18.9 Å². The Morgan fingerprint density at radius 2 is 2.17 bits per heavy atom. The number of carbonyl (C=O) groups is 1. The first-order valence-electron chi connectivity index (χ1n) is 4.12. The Morgan fingerprint density at radius 1 is 1.58 bits per heavy atom. The molecular weight excluding hydrogens is 218 g/mol. The normalized spacial score (nSPS) is 10.0. The summed E-state index contributed by atoms with van der Waals surface area (Å²) in [7, 11) is 0. The molecule has 0 aromatic rings. The van der Waals surface area contributed by atoms with Gasteiger partial charge < -0.3 is 5.32 Å². The molecule has 0 aromatic heterocycles. The molecule has 0 radical (unpaired) electrons. The fourth-order valence-corrected chi connectivity index (χ4v) is 0.843. The fourth-order valence-electron chi connectivity index (χ4n) is 0.703. The summed E-state index contributed by atoms with van der Waals surface area (Å²) in [5.74, 6) is 0.687. The van der Waals surface area contributed by atoms with E-state index in [9.17, 15) is 4.79 Å². The lowest BCUT2D eigenvalue weighted by Crippen LogP contribution is -2.24. The van der Waals surface area contributed by atoms with E-state index in [0.717, 1.165) is 10.9 Å². The van der Waals surface area contributed by atoms with Crippen molar-refractivity contribution in [1.82, 2.24) is 5.32 Å². The van der Waals surface area contributed by atoms with Crippen molar-refractivity contribution in [2.75, 3.05) is 6.54 Å². The minimum Gasteiger partial charge on any atom is -0.352 e. The van der Waals surface area contributed by atoms with Gasteiger partial charge >= 0.3 is 0 Å². The Hall–Kier alpha value is -0.310. The number of halogens is 1. The molecular formula is C9H16BrNO. The van der Waals surface area contributed by atoms with Gasteiger partial charge in [-0.05, 0) is 12.3 Å². The number of nitrogens with one attached hydrogen (secondary N) is 1. The monoisotopic (exact) mass is 233 g/mol.